The molecule has 1 amide bonds. The van der Waals surface area contributed by atoms with Gasteiger partial charge in [0.05, 0.1) is 11.1 Å². The number of carbonyl (C=O) groups is 1. The number of hydrogen-bond donors (Lipinski definition) is 2. The minimum atomic E-state index is -0.617. The van der Waals surface area contributed by atoms with Crippen molar-refractivity contribution in [1.82, 2.24) is 20.4 Å². The zero-order valence-electron chi connectivity index (χ0n) is 25.1. The maximum Gasteiger partial charge on any atom is 0.236 e. The number of rotatable bonds is 11. The first kappa shape index (κ1) is 28.4. The molecule has 2 atom stereocenters. The van der Waals surface area contributed by atoms with E-state index < -0.39 is 5.41 Å². The van der Waals surface area contributed by atoms with Crippen LogP contribution in [0.1, 0.15) is 87.5 Å². The number of amides is 1. The van der Waals surface area contributed by atoms with Gasteiger partial charge in [-0.15, -0.1) is 5.10 Å². The second kappa shape index (κ2) is 11.8. The molecule has 0 saturated carbocycles. The van der Waals surface area contributed by atoms with Crippen LogP contribution in [0.3, 0.4) is 0 Å². The normalized spacial score (nSPS) is 20.1. The summed E-state index contributed by atoms with van der Waals surface area (Å²) >= 11 is 0. The highest BCUT2D eigenvalue weighted by Gasteiger charge is 2.46. The lowest BCUT2D eigenvalue weighted by Crippen LogP contribution is -2.46. The SMILES string of the molecule is Cc1cc(C)cc(-c2[nH]nc(OCC(C)(C)C(=O)N3C4CCC3CC4)c2[C@H](C)CNCC(C)c2ccccc2)c1. The Morgan fingerprint density at radius 2 is 1.60 bits per heavy atom. The standard InChI is InChI=1S/C34H46N4O2/c1-22-16-23(2)18-27(17-22)31-30(25(4)20-35-19-24(3)26-10-8-7-9-11-26)32(37-36-31)40-21-34(5,6)33(39)38-28-12-13-29(38)15-14-28/h7-11,16-18,24-25,28-29,35H,12-15,19-21H2,1-6H3,(H,36,37)/t24?,25-,28?,29?/m1/s1. The van der Waals surface area contributed by atoms with Crippen LogP contribution in [0.5, 0.6) is 5.88 Å². The summed E-state index contributed by atoms with van der Waals surface area (Å²) < 4.78 is 6.44. The van der Waals surface area contributed by atoms with Crippen molar-refractivity contribution in [3.05, 3.63) is 70.8 Å². The van der Waals surface area contributed by atoms with Gasteiger partial charge in [-0.2, -0.15) is 0 Å². The molecule has 214 valence electrons. The summed E-state index contributed by atoms with van der Waals surface area (Å²) in [6.07, 6.45) is 4.57. The van der Waals surface area contributed by atoms with Crippen LogP contribution < -0.4 is 10.1 Å². The lowest BCUT2D eigenvalue weighted by atomic mass is 9.92. The number of benzene rings is 2. The molecule has 2 N–H and O–H groups in total. The molecule has 6 heteroatoms. The number of fused-ring (bicyclic) bond motifs is 2. The van der Waals surface area contributed by atoms with Crippen molar-refractivity contribution in [3.8, 4) is 17.1 Å². The van der Waals surface area contributed by atoms with E-state index in [9.17, 15) is 4.79 Å². The molecular formula is C34H46N4O2. The highest BCUT2D eigenvalue weighted by atomic mass is 16.5. The third-order valence-electron chi connectivity index (χ3n) is 8.88. The van der Waals surface area contributed by atoms with Gasteiger partial charge in [0.1, 0.15) is 6.61 Å². The van der Waals surface area contributed by atoms with Crippen LogP contribution in [0.4, 0.5) is 0 Å². The van der Waals surface area contributed by atoms with E-state index in [1.165, 1.54) is 16.7 Å². The Morgan fingerprint density at radius 3 is 2.23 bits per heavy atom. The average Bonchev–Trinajstić information content (AvgIpc) is 3.66. The minimum absolute atomic E-state index is 0.154. The van der Waals surface area contributed by atoms with Gasteiger partial charge in [0.15, 0.2) is 0 Å². The van der Waals surface area contributed by atoms with Crippen molar-refractivity contribution < 1.29 is 9.53 Å². The molecule has 3 aromatic rings. The van der Waals surface area contributed by atoms with Crippen molar-refractivity contribution in [2.75, 3.05) is 19.7 Å². The highest BCUT2D eigenvalue weighted by molar-refractivity contribution is 5.83. The maximum atomic E-state index is 13.6. The molecule has 2 aliphatic rings. The number of H-pyrrole nitrogens is 1. The zero-order valence-corrected chi connectivity index (χ0v) is 25.1. The summed E-state index contributed by atoms with van der Waals surface area (Å²) in [6, 6.07) is 18.0. The Labute approximate surface area is 239 Å². The smallest absolute Gasteiger partial charge is 0.236 e. The molecule has 1 aromatic heterocycles. The Kier molecular flexibility index (Phi) is 8.37. The van der Waals surface area contributed by atoms with Crippen LogP contribution >= 0.6 is 0 Å². The predicted octanol–water partition coefficient (Wildman–Crippen LogP) is 6.75. The van der Waals surface area contributed by atoms with Crippen LogP contribution in [-0.2, 0) is 4.79 Å². The van der Waals surface area contributed by atoms with Gasteiger partial charge < -0.3 is 15.0 Å². The monoisotopic (exact) mass is 542 g/mol. The Bertz CT molecular complexity index is 1270. The minimum Gasteiger partial charge on any atom is -0.475 e. The lowest BCUT2D eigenvalue weighted by Gasteiger charge is -2.32. The topological polar surface area (TPSA) is 70.2 Å². The molecule has 1 unspecified atom stereocenters. The Balaban J connectivity index is 1.33. The quantitative estimate of drug-likeness (QED) is 0.281. The van der Waals surface area contributed by atoms with Crippen LogP contribution in [-0.4, -0.2) is 52.8 Å². The van der Waals surface area contributed by atoms with E-state index >= 15 is 0 Å². The second-order valence-electron chi connectivity index (χ2n) is 12.9. The highest BCUT2D eigenvalue weighted by Crippen LogP contribution is 2.41. The summed E-state index contributed by atoms with van der Waals surface area (Å²) in [7, 11) is 0. The number of carbonyl (C=O) groups excluding carboxylic acids is 1. The van der Waals surface area contributed by atoms with Crippen molar-refractivity contribution in [3.63, 3.8) is 0 Å². The van der Waals surface area contributed by atoms with Crippen LogP contribution in [0.25, 0.3) is 11.3 Å². The second-order valence-corrected chi connectivity index (χ2v) is 12.9. The van der Waals surface area contributed by atoms with Crippen molar-refractivity contribution in [2.24, 2.45) is 5.41 Å². The van der Waals surface area contributed by atoms with E-state index in [2.05, 4.69) is 96.6 Å². The van der Waals surface area contributed by atoms with Gasteiger partial charge in [0, 0.05) is 42.2 Å². The van der Waals surface area contributed by atoms with Crippen LogP contribution in [0, 0.1) is 19.3 Å². The summed E-state index contributed by atoms with van der Waals surface area (Å²) in [5.41, 5.74) is 6.32. The molecule has 40 heavy (non-hydrogen) atoms. The fourth-order valence-electron chi connectivity index (χ4n) is 6.66. The van der Waals surface area contributed by atoms with E-state index in [1.54, 1.807) is 0 Å². The molecule has 2 bridgehead atoms. The maximum absolute atomic E-state index is 13.6. The first-order valence-electron chi connectivity index (χ1n) is 15.0. The van der Waals surface area contributed by atoms with Gasteiger partial charge in [0.25, 0.3) is 0 Å². The van der Waals surface area contributed by atoms with E-state index in [4.69, 9.17) is 4.74 Å². The third kappa shape index (κ3) is 5.97. The molecule has 5 rings (SSSR count). The molecule has 2 aromatic carbocycles. The average molecular weight is 543 g/mol. The molecule has 3 heterocycles. The molecule has 0 spiro atoms. The largest absolute Gasteiger partial charge is 0.475 e. The van der Waals surface area contributed by atoms with Gasteiger partial charge in [-0.3, -0.25) is 9.89 Å². The number of nitrogens with zero attached hydrogens (tertiary/aromatic N) is 2. The molecule has 2 saturated heterocycles. The van der Waals surface area contributed by atoms with E-state index in [0.717, 1.165) is 55.6 Å². The third-order valence-corrected chi connectivity index (χ3v) is 8.88. The number of aryl methyl sites for hydroxylation is 2. The van der Waals surface area contributed by atoms with Crippen molar-refractivity contribution in [2.45, 2.75) is 91.1 Å². The fraction of sp³-hybridized carbons (Fsp3) is 0.529. The van der Waals surface area contributed by atoms with Crippen LogP contribution in [0.15, 0.2) is 48.5 Å². The predicted molar refractivity (Wildman–Crippen MR) is 162 cm³/mol. The van der Waals surface area contributed by atoms with Crippen molar-refractivity contribution >= 4 is 5.91 Å². The van der Waals surface area contributed by atoms with E-state index in [-0.39, 0.29) is 11.8 Å². The number of hydrogen-bond acceptors (Lipinski definition) is 4. The first-order chi connectivity index (χ1) is 19.1. The number of aromatic amines is 1. The van der Waals surface area contributed by atoms with Gasteiger partial charge in [0.2, 0.25) is 11.8 Å². The van der Waals surface area contributed by atoms with E-state index in [0.29, 0.717) is 30.5 Å². The van der Waals surface area contributed by atoms with Crippen LogP contribution in [0.2, 0.25) is 0 Å². The van der Waals surface area contributed by atoms with Gasteiger partial charge in [-0.25, -0.2) is 0 Å². The zero-order chi connectivity index (χ0) is 28.4. The van der Waals surface area contributed by atoms with Gasteiger partial charge in [-0.05, 0) is 77.0 Å². The number of nitrogens with one attached hydrogen (secondary N) is 2. The lowest BCUT2D eigenvalue weighted by molar-refractivity contribution is -0.143. The summed E-state index contributed by atoms with van der Waals surface area (Å²) in [6.45, 7) is 14.7. The molecule has 6 nitrogen and oxygen atoms in total. The number of ether oxygens (including phenoxy) is 1. The summed E-state index contributed by atoms with van der Waals surface area (Å²) in [5, 5.41) is 11.7. The van der Waals surface area contributed by atoms with Crippen molar-refractivity contribution in [1.29, 1.82) is 0 Å². The molecule has 2 fully saturated rings. The first-order valence-corrected chi connectivity index (χ1v) is 15.0. The Hall–Kier alpha value is -3.12. The van der Waals surface area contributed by atoms with Gasteiger partial charge >= 0.3 is 0 Å². The van der Waals surface area contributed by atoms with Gasteiger partial charge in [-0.1, -0.05) is 61.4 Å². The fourth-order valence-corrected chi connectivity index (χ4v) is 6.66. The summed E-state index contributed by atoms with van der Waals surface area (Å²) in [5.74, 6) is 1.39. The van der Waals surface area contributed by atoms with E-state index in [1.807, 2.05) is 13.8 Å². The molecule has 2 aliphatic heterocycles. The number of aromatic nitrogens is 2. The molecule has 0 aliphatic carbocycles. The molecule has 0 radical (unpaired) electrons. The molecular weight excluding hydrogens is 496 g/mol. The Morgan fingerprint density at radius 1 is 1.00 bits per heavy atom. The summed E-state index contributed by atoms with van der Waals surface area (Å²) in [4.78, 5) is 15.8.